The molecule has 5 nitrogen and oxygen atoms in total. The Hall–Kier alpha value is -0.950. The molecule has 112 valence electrons. The third-order valence-corrected chi connectivity index (χ3v) is 5.44. The second kappa shape index (κ2) is 6.22. The normalized spacial score (nSPS) is 24.8. The van der Waals surface area contributed by atoms with Crippen molar-refractivity contribution in [2.45, 2.75) is 43.4 Å². The molecule has 2 rings (SSSR count). The molecule has 2 unspecified atom stereocenters. The van der Waals surface area contributed by atoms with Crippen LogP contribution in [0.25, 0.3) is 0 Å². The molecule has 0 radical (unpaired) electrons. The number of nitrogens with one attached hydrogen (secondary N) is 1. The van der Waals surface area contributed by atoms with Crippen molar-refractivity contribution in [3.05, 3.63) is 29.8 Å². The van der Waals surface area contributed by atoms with Crippen LogP contribution in [0.5, 0.6) is 0 Å². The molecule has 0 saturated carbocycles. The maximum absolute atomic E-state index is 12.4. The first-order chi connectivity index (χ1) is 9.42. The highest BCUT2D eigenvalue weighted by Crippen LogP contribution is 2.18. The zero-order chi connectivity index (χ0) is 14.8. The van der Waals surface area contributed by atoms with Gasteiger partial charge in [-0.2, -0.15) is 0 Å². The van der Waals surface area contributed by atoms with Crippen molar-refractivity contribution in [2.75, 3.05) is 13.6 Å². The number of benzene rings is 1. The molecule has 1 aliphatic heterocycles. The van der Waals surface area contributed by atoms with E-state index in [9.17, 15) is 8.42 Å². The van der Waals surface area contributed by atoms with E-state index in [0.717, 1.165) is 19.4 Å². The first-order valence-corrected chi connectivity index (χ1v) is 8.33. The predicted octanol–water partition coefficient (Wildman–Crippen LogP) is 0.940. The summed E-state index contributed by atoms with van der Waals surface area (Å²) in [7, 11) is -1.46. The van der Waals surface area contributed by atoms with Gasteiger partial charge in [0.05, 0.1) is 11.5 Å². The second-order valence-corrected chi connectivity index (χ2v) is 7.19. The van der Waals surface area contributed by atoms with Crippen LogP contribution < -0.4 is 4.72 Å². The molecule has 1 saturated heterocycles. The Labute approximate surface area is 120 Å². The van der Waals surface area contributed by atoms with Crippen LogP contribution in [0.1, 0.15) is 25.3 Å². The molecule has 0 bridgehead atoms. The van der Waals surface area contributed by atoms with Crippen molar-refractivity contribution < 1.29 is 13.5 Å². The Kier molecular flexibility index (Phi) is 4.80. The van der Waals surface area contributed by atoms with Crippen molar-refractivity contribution in [1.82, 2.24) is 9.62 Å². The van der Waals surface area contributed by atoms with Crippen LogP contribution in [0, 0.1) is 0 Å². The van der Waals surface area contributed by atoms with Gasteiger partial charge in [-0.05, 0) is 51.1 Å². The predicted molar refractivity (Wildman–Crippen MR) is 77.8 cm³/mol. The first-order valence-electron chi connectivity index (χ1n) is 6.85. The van der Waals surface area contributed by atoms with Gasteiger partial charge in [0.1, 0.15) is 0 Å². The Balaban J connectivity index is 2.11. The van der Waals surface area contributed by atoms with Crippen LogP contribution in [0.3, 0.4) is 0 Å². The standard InChI is InChI=1S/C14H22N2O3S/c1-11-8-13(6-7-16(11)2)15-20(18,19)14-5-3-4-12(9-14)10-17/h3-5,9,11,13,15,17H,6-8,10H2,1-2H3. The Morgan fingerprint density at radius 3 is 2.85 bits per heavy atom. The molecule has 1 heterocycles. The molecule has 6 heteroatoms. The van der Waals surface area contributed by atoms with Crippen LogP contribution in [-0.4, -0.2) is 44.1 Å². The lowest BCUT2D eigenvalue weighted by Crippen LogP contribution is -2.47. The third-order valence-electron chi connectivity index (χ3n) is 3.92. The number of aliphatic hydroxyl groups is 1. The molecular formula is C14H22N2O3S. The second-order valence-electron chi connectivity index (χ2n) is 5.48. The molecule has 1 aromatic rings. The largest absolute Gasteiger partial charge is 0.392 e. The summed E-state index contributed by atoms with van der Waals surface area (Å²) in [5.74, 6) is 0. The lowest BCUT2D eigenvalue weighted by atomic mass is 10.0. The number of nitrogens with zero attached hydrogens (tertiary/aromatic N) is 1. The number of likely N-dealkylation sites (tertiary alicyclic amines) is 1. The molecular weight excluding hydrogens is 276 g/mol. The number of rotatable bonds is 4. The van der Waals surface area contributed by atoms with Crippen molar-refractivity contribution in [1.29, 1.82) is 0 Å². The lowest BCUT2D eigenvalue weighted by Gasteiger charge is -2.35. The number of hydrogen-bond acceptors (Lipinski definition) is 4. The summed E-state index contributed by atoms with van der Waals surface area (Å²) in [5.41, 5.74) is 0.602. The highest BCUT2D eigenvalue weighted by molar-refractivity contribution is 7.89. The van der Waals surface area contributed by atoms with Gasteiger partial charge in [0.15, 0.2) is 0 Å². The fourth-order valence-electron chi connectivity index (χ4n) is 2.49. The quantitative estimate of drug-likeness (QED) is 0.868. The topological polar surface area (TPSA) is 69.6 Å². The summed E-state index contributed by atoms with van der Waals surface area (Å²) >= 11 is 0. The van der Waals surface area contributed by atoms with E-state index >= 15 is 0 Å². The maximum Gasteiger partial charge on any atom is 0.240 e. The average Bonchev–Trinajstić information content (AvgIpc) is 2.43. The van der Waals surface area contributed by atoms with Gasteiger partial charge in [0.2, 0.25) is 10.0 Å². The smallest absolute Gasteiger partial charge is 0.240 e. The molecule has 1 aromatic carbocycles. The third kappa shape index (κ3) is 3.58. The van der Waals surface area contributed by atoms with Crippen LogP contribution in [0.4, 0.5) is 0 Å². The summed E-state index contributed by atoms with van der Waals surface area (Å²) in [6.45, 7) is 2.84. The summed E-state index contributed by atoms with van der Waals surface area (Å²) < 4.78 is 27.5. The van der Waals surface area contributed by atoms with E-state index in [2.05, 4.69) is 23.6 Å². The monoisotopic (exact) mass is 298 g/mol. The van der Waals surface area contributed by atoms with E-state index in [1.54, 1.807) is 18.2 Å². The molecule has 2 atom stereocenters. The van der Waals surface area contributed by atoms with Crippen LogP contribution >= 0.6 is 0 Å². The molecule has 1 fully saturated rings. The van der Waals surface area contributed by atoms with E-state index in [-0.39, 0.29) is 17.5 Å². The minimum absolute atomic E-state index is 0.0241. The van der Waals surface area contributed by atoms with Gasteiger partial charge in [-0.25, -0.2) is 13.1 Å². The minimum Gasteiger partial charge on any atom is -0.392 e. The Bertz CT molecular complexity index is 559. The van der Waals surface area contributed by atoms with Gasteiger partial charge >= 0.3 is 0 Å². The SMILES string of the molecule is CC1CC(NS(=O)(=O)c2cccc(CO)c2)CCN1C. The van der Waals surface area contributed by atoms with E-state index in [1.165, 1.54) is 6.07 Å². The maximum atomic E-state index is 12.4. The van der Waals surface area contributed by atoms with Gasteiger partial charge in [-0.1, -0.05) is 12.1 Å². The van der Waals surface area contributed by atoms with Crippen molar-refractivity contribution in [3.8, 4) is 0 Å². The molecule has 0 spiro atoms. The molecule has 20 heavy (non-hydrogen) atoms. The fraction of sp³-hybridized carbons (Fsp3) is 0.571. The Morgan fingerprint density at radius 1 is 1.45 bits per heavy atom. The lowest BCUT2D eigenvalue weighted by molar-refractivity contribution is 0.178. The van der Waals surface area contributed by atoms with Crippen LogP contribution in [0.15, 0.2) is 29.2 Å². The molecule has 0 aromatic heterocycles. The number of sulfonamides is 1. The molecule has 2 N–H and O–H groups in total. The zero-order valence-corrected chi connectivity index (χ0v) is 12.7. The van der Waals surface area contributed by atoms with Gasteiger partial charge < -0.3 is 10.0 Å². The van der Waals surface area contributed by atoms with E-state index in [0.29, 0.717) is 11.6 Å². The average molecular weight is 298 g/mol. The van der Waals surface area contributed by atoms with Crippen molar-refractivity contribution in [2.24, 2.45) is 0 Å². The van der Waals surface area contributed by atoms with Crippen molar-refractivity contribution in [3.63, 3.8) is 0 Å². The molecule has 0 aliphatic carbocycles. The van der Waals surface area contributed by atoms with E-state index in [4.69, 9.17) is 5.11 Å². The van der Waals surface area contributed by atoms with Gasteiger partial charge in [-0.15, -0.1) is 0 Å². The molecule has 1 aliphatic rings. The summed E-state index contributed by atoms with van der Waals surface area (Å²) in [4.78, 5) is 2.45. The zero-order valence-electron chi connectivity index (χ0n) is 11.9. The summed E-state index contributed by atoms with van der Waals surface area (Å²) in [6, 6.07) is 6.78. The van der Waals surface area contributed by atoms with Gasteiger partial charge in [0, 0.05) is 12.1 Å². The van der Waals surface area contributed by atoms with Crippen molar-refractivity contribution >= 4 is 10.0 Å². The first kappa shape index (κ1) is 15.4. The highest BCUT2D eigenvalue weighted by Gasteiger charge is 2.27. The molecule has 0 amide bonds. The van der Waals surface area contributed by atoms with Crippen LogP contribution in [0.2, 0.25) is 0 Å². The van der Waals surface area contributed by atoms with Gasteiger partial charge in [-0.3, -0.25) is 0 Å². The van der Waals surface area contributed by atoms with Crippen LogP contribution in [-0.2, 0) is 16.6 Å². The highest BCUT2D eigenvalue weighted by atomic mass is 32.2. The van der Waals surface area contributed by atoms with E-state index in [1.807, 2.05) is 0 Å². The number of piperidine rings is 1. The summed E-state index contributed by atoms with van der Waals surface area (Å²) in [6.07, 6.45) is 1.63. The number of aliphatic hydroxyl groups excluding tert-OH is 1. The van der Waals surface area contributed by atoms with Gasteiger partial charge in [0.25, 0.3) is 0 Å². The minimum atomic E-state index is -3.51. The summed E-state index contributed by atoms with van der Waals surface area (Å²) in [5, 5.41) is 9.09. The number of hydrogen-bond donors (Lipinski definition) is 2. The Morgan fingerprint density at radius 2 is 2.20 bits per heavy atom. The van der Waals surface area contributed by atoms with E-state index < -0.39 is 10.0 Å². The fourth-order valence-corrected chi connectivity index (χ4v) is 3.85.